The molecule has 1 aliphatic rings. The number of thiazole rings is 1. The summed E-state index contributed by atoms with van der Waals surface area (Å²) >= 11 is 1.68. The second-order valence-electron chi connectivity index (χ2n) is 5.17. The number of nitrogens with two attached hydrogens (primary N) is 1. The lowest BCUT2D eigenvalue weighted by atomic mass is 9.94. The zero-order valence-electron chi connectivity index (χ0n) is 10.9. The van der Waals surface area contributed by atoms with Gasteiger partial charge in [-0.2, -0.15) is 0 Å². The molecule has 0 amide bonds. The zero-order valence-corrected chi connectivity index (χ0v) is 11.7. The van der Waals surface area contributed by atoms with Crippen LogP contribution in [0.2, 0.25) is 0 Å². The molecule has 1 unspecified atom stereocenters. The monoisotopic (exact) mass is 253 g/mol. The first-order valence-corrected chi connectivity index (χ1v) is 7.45. The molecule has 0 aromatic carbocycles. The van der Waals surface area contributed by atoms with E-state index in [1.807, 2.05) is 6.92 Å². The van der Waals surface area contributed by atoms with Gasteiger partial charge in [-0.3, -0.25) is 4.90 Å². The quantitative estimate of drug-likeness (QED) is 0.897. The van der Waals surface area contributed by atoms with Gasteiger partial charge in [-0.15, -0.1) is 11.3 Å². The fraction of sp³-hybridized carbons (Fsp3) is 0.769. The predicted octanol–water partition coefficient (Wildman–Crippen LogP) is 2.93. The lowest BCUT2D eigenvalue weighted by Crippen LogP contribution is -2.32. The molecule has 0 bridgehead atoms. The minimum absolute atomic E-state index is 0.0636. The SMILES string of the molecule is CC(N)c1nc(CN(C)C2CCCCC2)cs1. The van der Waals surface area contributed by atoms with Crippen LogP contribution in [0.25, 0.3) is 0 Å². The van der Waals surface area contributed by atoms with Gasteiger partial charge in [-0.25, -0.2) is 4.98 Å². The summed E-state index contributed by atoms with van der Waals surface area (Å²) in [4.78, 5) is 7.05. The van der Waals surface area contributed by atoms with Gasteiger partial charge in [0.1, 0.15) is 5.01 Å². The number of hydrogen-bond acceptors (Lipinski definition) is 4. The molecular weight excluding hydrogens is 230 g/mol. The topological polar surface area (TPSA) is 42.1 Å². The van der Waals surface area contributed by atoms with Gasteiger partial charge in [0.15, 0.2) is 0 Å². The summed E-state index contributed by atoms with van der Waals surface area (Å²) in [6.07, 6.45) is 6.88. The Morgan fingerprint density at radius 3 is 2.76 bits per heavy atom. The van der Waals surface area contributed by atoms with Crippen molar-refractivity contribution in [1.29, 1.82) is 0 Å². The van der Waals surface area contributed by atoms with Gasteiger partial charge in [-0.05, 0) is 26.8 Å². The third-order valence-corrected chi connectivity index (χ3v) is 4.66. The fourth-order valence-electron chi connectivity index (χ4n) is 2.51. The van der Waals surface area contributed by atoms with Crippen molar-refractivity contribution in [2.24, 2.45) is 5.73 Å². The highest BCUT2D eigenvalue weighted by atomic mass is 32.1. The Kier molecular flexibility index (Phi) is 4.54. The maximum atomic E-state index is 5.83. The Hall–Kier alpha value is -0.450. The largest absolute Gasteiger partial charge is 0.322 e. The van der Waals surface area contributed by atoms with Gasteiger partial charge < -0.3 is 5.73 Å². The number of rotatable bonds is 4. The molecule has 0 spiro atoms. The maximum Gasteiger partial charge on any atom is 0.109 e. The predicted molar refractivity (Wildman–Crippen MR) is 73.1 cm³/mol. The van der Waals surface area contributed by atoms with Crippen molar-refractivity contribution in [2.75, 3.05) is 7.05 Å². The smallest absolute Gasteiger partial charge is 0.109 e. The average Bonchev–Trinajstić information content (AvgIpc) is 2.79. The van der Waals surface area contributed by atoms with Crippen molar-refractivity contribution in [3.63, 3.8) is 0 Å². The fourth-order valence-corrected chi connectivity index (χ4v) is 3.28. The third-order valence-electron chi connectivity index (χ3n) is 3.57. The molecule has 1 aromatic rings. The molecule has 4 heteroatoms. The van der Waals surface area contributed by atoms with Gasteiger partial charge >= 0.3 is 0 Å². The summed E-state index contributed by atoms with van der Waals surface area (Å²) in [7, 11) is 2.22. The molecule has 96 valence electrons. The molecule has 2 N–H and O–H groups in total. The average molecular weight is 253 g/mol. The first-order chi connectivity index (χ1) is 8.16. The molecule has 0 saturated heterocycles. The van der Waals surface area contributed by atoms with Crippen molar-refractivity contribution in [1.82, 2.24) is 9.88 Å². The van der Waals surface area contributed by atoms with E-state index >= 15 is 0 Å². The van der Waals surface area contributed by atoms with Crippen LogP contribution in [0, 0.1) is 0 Å². The van der Waals surface area contributed by atoms with E-state index in [4.69, 9.17) is 5.73 Å². The van der Waals surface area contributed by atoms with E-state index in [1.165, 1.54) is 37.8 Å². The van der Waals surface area contributed by atoms with Gasteiger partial charge in [0.25, 0.3) is 0 Å². The summed E-state index contributed by atoms with van der Waals surface area (Å²) in [6, 6.07) is 0.818. The van der Waals surface area contributed by atoms with Crippen LogP contribution in [0.1, 0.15) is 55.8 Å². The van der Waals surface area contributed by atoms with Gasteiger partial charge in [0.05, 0.1) is 11.7 Å². The molecule has 1 aromatic heterocycles. The summed E-state index contributed by atoms with van der Waals surface area (Å²) in [6.45, 7) is 2.96. The second kappa shape index (κ2) is 5.94. The third kappa shape index (κ3) is 3.50. The highest BCUT2D eigenvalue weighted by Gasteiger charge is 2.18. The molecule has 17 heavy (non-hydrogen) atoms. The van der Waals surface area contributed by atoms with Crippen molar-refractivity contribution in [2.45, 2.75) is 57.7 Å². The number of hydrogen-bond donors (Lipinski definition) is 1. The summed E-state index contributed by atoms with van der Waals surface area (Å²) in [5, 5.41) is 3.20. The minimum Gasteiger partial charge on any atom is -0.322 e. The normalized spacial score (nSPS) is 19.8. The van der Waals surface area contributed by atoms with Crippen LogP contribution in [0.4, 0.5) is 0 Å². The summed E-state index contributed by atoms with van der Waals surface area (Å²) in [5.41, 5.74) is 7.01. The molecule has 1 aliphatic carbocycles. The van der Waals surface area contributed by atoms with Crippen LogP contribution in [0.5, 0.6) is 0 Å². The van der Waals surface area contributed by atoms with Crippen LogP contribution >= 0.6 is 11.3 Å². The van der Waals surface area contributed by atoms with Crippen molar-refractivity contribution in [3.8, 4) is 0 Å². The van der Waals surface area contributed by atoms with E-state index in [2.05, 4.69) is 22.3 Å². The van der Waals surface area contributed by atoms with Gasteiger partial charge in [-0.1, -0.05) is 19.3 Å². The first-order valence-electron chi connectivity index (χ1n) is 6.57. The second-order valence-corrected chi connectivity index (χ2v) is 6.06. The molecule has 1 saturated carbocycles. The van der Waals surface area contributed by atoms with Gasteiger partial charge in [0, 0.05) is 18.0 Å². The summed E-state index contributed by atoms with van der Waals surface area (Å²) < 4.78 is 0. The first kappa shape index (κ1) is 13.0. The summed E-state index contributed by atoms with van der Waals surface area (Å²) in [5.74, 6) is 0. The molecule has 1 heterocycles. The molecule has 0 radical (unpaired) electrons. The van der Waals surface area contributed by atoms with Crippen molar-refractivity contribution >= 4 is 11.3 Å². The standard InChI is InChI=1S/C13H23N3S/c1-10(14)13-15-11(9-17-13)8-16(2)12-6-4-3-5-7-12/h9-10,12H,3-8,14H2,1-2H3. The molecule has 1 atom stereocenters. The highest BCUT2D eigenvalue weighted by molar-refractivity contribution is 7.09. The van der Waals surface area contributed by atoms with Crippen LogP contribution in [0.3, 0.4) is 0 Å². The molecule has 1 fully saturated rings. The lowest BCUT2D eigenvalue weighted by molar-refractivity contribution is 0.183. The van der Waals surface area contributed by atoms with Crippen molar-refractivity contribution < 1.29 is 0 Å². The maximum absolute atomic E-state index is 5.83. The Morgan fingerprint density at radius 1 is 1.47 bits per heavy atom. The molecule has 2 rings (SSSR count). The van der Waals surface area contributed by atoms with Crippen LogP contribution in [0.15, 0.2) is 5.38 Å². The van der Waals surface area contributed by atoms with Gasteiger partial charge in [0.2, 0.25) is 0 Å². The Morgan fingerprint density at radius 2 is 2.18 bits per heavy atom. The molecular formula is C13H23N3S. The number of nitrogens with zero attached hydrogens (tertiary/aromatic N) is 2. The zero-order chi connectivity index (χ0) is 12.3. The van der Waals surface area contributed by atoms with E-state index in [0.717, 1.165) is 17.6 Å². The van der Waals surface area contributed by atoms with Crippen LogP contribution in [-0.4, -0.2) is 23.0 Å². The van der Waals surface area contributed by atoms with E-state index in [9.17, 15) is 0 Å². The van der Waals surface area contributed by atoms with Crippen LogP contribution < -0.4 is 5.73 Å². The van der Waals surface area contributed by atoms with Crippen LogP contribution in [-0.2, 0) is 6.54 Å². The lowest BCUT2D eigenvalue weighted by Gasteiger charge is -2.30. The van der Waals surface area contributed by atoms with E-state index in [-0.39, 0.29) is 6.04 Å². The van der Waals surface area contributed by atoms with E-state index in [0.29, 0.717) is 0 Å². The number of aromatic nitrogens is 1. The van der Waals surface area contributed by atoms with E-state index in [1.54, 1.807) is 11.3 Å². The Labute approximate surface area is 108 Å². The highest BCUT2D eigenvalue weighted by Crippen LogP contribution is 2.23. The van der Waals surface area contributed by atoms with Crippen molar-refractivity contribution in [3.05, 3.63) is 16.1 Å². The molecule has 3 nitrogen and oxygen atoms in total. The molecule has 0 aliphatic heterocycles. The van der Waals surface area contributed by atoms with E-state index < -0.39 is 0 Å². The Balaban J connectivity index is 1.90. The minimum atomic E-state index is 0.0636. The Bertz CT molecular complexity index is 342.